The second-order valence-corrected chi connectivity index (χ2v) is 7.23. The third kappa shape index (κ3) is 4.86. The number of rotatable bonds is 5. The molecule has 2 amide bonds. The summed E-state index contributed by atoms with van der Waals surface area (Å²) in [6.45, 7) is 1.49. The molecule has 0 aliphatic heterocycles. The molecule has 0 heterocycles. The van der Waals surface area contributed by atoms with Crippen molar-refractivity contribution in [2.45, 2.75) is 38.1 Å². The van der Waals surface area contributed by atoms with Crippen LogP contribution in [0.5, 0.6) is 0 Å². The zero-order valence-corrected chi connectivity index (χ0v) is 15.3. The van der Waals surface area contributed by atoms with Gasteiger partial charge in [-0.2, -0.15) is 0 Å². The van der Waals surface area contributed by atoms with Crippen LogP contribution in [0.4, 0.5) is 0 Å². The third-order valence-corrected chi connectivity index (χ3v) is 5.26. The first-order valence-corrected chi connectivity index (χ1v) is 8.75. The van der Waals surface area contributed by atoms with Crippen LogP contribution < -0.4 is 10.6 Å². The van der Waals surface area contributed by atoms with Crippen LogP contribution in [0.1, 0.15) is 43.0 Å². The summed E-state index contributed by atoms with van der Waals surface area (Å²) in [5, 5.41) is 15.2. The summed E-state index contributed by atoms with van der Waals surface area (Å²) in [5.74, 6) is -2.43. The smallest absolute Gasteiger partial charge is 0.308 e. The molecular formula is C17H20Cl2N2O4. The summed E-state index contributed by atoms with van der Waals surface area (Å²) in [6.07, 6.45) is 2.81. The van der Waals surface area contributed by atoms with Gasteiger partial charge in [-0.05, 0) is 38.0 Å². The number of hydrogen-bond donors (Lipinski definition) is 3. The fourth-order valence-corrected chi connectivity index (χ4v) is 3.44. The van der Waals surface area contributed by atoms with Gasteiger partial charge in [-0.1, -0.05) is 36.0 Å². The van der Waals surface area contributed by atoms with E-state index in [0.29, 0.717) is 17.9 Å². The van der Waals surface area contributed by atoms with E-state index < -0.39 is 29.2 Å². The predicted molar refractivity (Wildman–Crippen MR) is 94.9 cm³/mol. The van der Waals surface area contributed by atoms with Gasteiger partial charge in [0.2, 0.25) is 5.91 Å². The Morgan fingerprint density at radius 2 is 1.96 bits per heavy atom. The highest BCUT2D eigenvalue weighted by Gasteiger charge is 2.42. The van der Waals surface area contributed by atoms with Gasteiger partial charge in [-0.25, -0.2) is 0 Å². The van der Waals surface area contributed by atoms with Crippen LogP contribution in [0.2, 0.25) is 10.0 Å². The van der Waals surface area contributed by atoms with Crippen molar-refractivity contribution in [3.63, 3.8) is 0 Å². The Morgan fingerprint density at radius 1 is 1.24 bits per heavy atom. The standard InChI is InChI=1S/C17H20Cl2N2O4/c1-17(7-3-2-4-11(17)16(24)25)21-14(22)9-20-15(23)10-5-6-12(18)13(19)8-10/h5-6,8,11H,2-4,7,9H2,1H3,(H,20,23)(H,21,22)(H,24,25). The lowest BCUT2D eigenvalue weighted by atomic mass is 9.74. The minimum absolute atomic E-state index is 0.248. The van der Waals surface area contributed by atoms with E-state index in [9.17, 15) is 19.5 Å². The highest BCUT2D eigenvalue weighted by atomic mass is 35.5. The molecular weight excluding hydrogens is 367 g/mol. The van der Waals surface area contributed by atoms with Crippen LogP contribution in [-0.4, -0.2) is 35.0 Å². The molecule has 1 fully saturated rings. The molecule has 25 heavy (non-hydrogen) atoms. The average Bonchev–Trinajstić information content (AvgIpc) is 2.54. The minimum Gasteiger partial charge on any atom is -0.481 e. The van der Waals surface area contributed by atoms with Gasteiger partial charge < -0.3 is 15.7 Å². The normalized spacial score (nSPS) is 22.9. The molecule has 2 unspecified atom stereocenters. The molecule has 0 bridgehead atoms. The topological polar surface area (TPSA) is 95.5 Å². The van der Waals surface area contributed by atoms with Gasteiger partial charge in [-0.3, -0.25) is 14.4 Å². The molecule has 2 atom stereocenters. The largest absolute Gasteiger partial charge is 0.481 e. The molecule has 1 aromatic carbocycles. The Hall–Kier alpha value is -1.79. The Balaban J connectivity index is 1.94. The van der Waals surface area contributed by atoms with Crippen LogP contribution in [0.15, 0.2) is 18.2 Å². The number of aliphatic carboxylic acids is 1. The molecule has 0 saturated heterocycles. The number of carbonyl (C=O) groups is 3. The van der Waals surface area contributed by atoms with Gasteiger partial charge in [0.05, 0.1) is 28.0 Å². The van der Waals surface area contributed by atoms with Gasteiger partial charge in [0, 0.05) is 5.56 Å². The Kier molecular flexibility index (Phi) is 6.30. The minimum atomic E-state index is -0.914. The number of amides is 2. The molecule has 1 aliphatic rings. The SMILES string of the molecule is CC1(NC(=O)CNC(=O)c2ccc(Cl)c(Cl)c2)CCCCC1C(=O)O. The van der Waals surface area contributed by atoms with E-state index >= 15 is 0 Å². The lowest BCUT2D eigenvalue weighted by molar-refractivity contribution is -0.146. The highest BCUT2D eigenvalue weighted by molar-refractivity contribution is 6.42. The Labute approximate surface area is 155 Å². The van der Waals surface area contributed by atoms with Gasteiger partial charge in [-0.15, -0.1) is 0 Å². The number of hydrogen-bond acceptors (Lipinski definition) is 3. The molecule has 1 saturated carbocycles. The summed E-state index contributed by atoms with van der Waals surface area (Å²) in [7, 11) is 0. The predicted octanol–water partition coefficient (Wildman–Crippen LogP) is 2.87. The van der Waals surface area contributed by atoms with Gasteiger partial charge in [0.1, 0.15) is 0 Å². The third-order valence-electron chi connectivity index (χ3n) is 4.52. The molecule has 6 nitrogen and oxygen atoms in total. The van der Waals surface area contributed by atoms with E-state index in [0.717, 1.165) is 12.8 Å². The van der Waals surface area contributed by atoms with E-state index in [1.165, 1.54) is 18.2 Å². The summed E-state index contributed by atoms with van der Waals surface area (Å²) in [6, 6.07) is 4.42. The maximum absolute atomic E-state index is 12.2. The second kappa shape index (κ2) is 8.06. The van der Waals surface area contributed by atoms with E-state index in [2.05, 4.69) is 10.6 Å². The number of carboxylic acid groups (broad SMARTS) is 1. The van der Waals surface area contributed by atoms with Crippen molar-refractivity contribution in [1.82, 2.24) is 10.6 Å². The molecule has 136 valence electrons. The Morgan fingerprint density at radius 3 is 2.60 bits per heavy atom. The van der Waals surface area contributed by atoms with Gasteiger partial charge in [0.15, 0.2) is 0 Å². The maximum Gasteiger partial charge on any atom is 0.308 e. The molecule has 1 aliphatic carbocycles. The zero-order valence-electron chi connectivity index (χ0n) is 13.8. The summed E-state index contributed by atoms with van der Waals surface area (Å²) >= 11 is 11.7. The van der Waals surface area contributed by atoms with Gasteiger partial charge in [0.25, 0.3) is 5.91 Å². The van der Waals surface area contributed by atoms with Crippen molar-refractivity contribution in [2.75, 3.05) is 6.54 Å². The van der Waals surface area contributed by atoms with Crippen molar-refractivity contribution < 1.29 is 19.5 Å². The number of halogens is 2. The molecule has 0 radical (unpaired) electrons. The quantitative estimate of drug-likeness (QED) is 0.724. The average molecular weight is 387 g/mol. The molecule has 3 N–H and O–H groups in total. The molecule has 8 heteroatoms. The van der Waals surface area contributed by atoms with Crippen LogP contribution >= 0.6 is 23.2 Å². The lowest BCUT2D eigenvalue weighted by Gasteiger charge is -2.39. The van der Waals surface area contributed by atoms with Crippen molar-refractivity contribution in [2.24, 2.45) is 5.92 Å². The first-order valence-electron chi connectivity index (χ1n) is 8.00. The van der Waals surface area contributed by atoms with Crippen LogP contribution in [0, 0.1) is 5.92 Å². The number of carboxylic acids is 1. The summed E-state index contributed by atoms with van der Waals surface area (Å²) < 4.78 is 0. The van der Waals surface area contributed by atoms with Crippen LogP contribution in [-0.2, 0) is 9.59 Å². The molecule has 1 aromatic rings. The number of benzene rings is 1. The van der Waals surface area contributed by atoms with Crippen molar-refractivity contribution >= 4 is 41.0 Å². The van der Waals surface area contributed by atoms with Gasteiger partial charge >= 0.3 is 5.97 Å². The number of carbonyl (C=O) groups excluding carboxylic acids is 2. The number of nitrogens with one attached hydrogen (secondary N) is 2. The van der Waals surface area contributed by atoms with Crippen molar-refractivity contribution in [3.8, 4) is 0 Å². The molecule has 0 spiro atoms. The monoisotopic (exact) mass is 386 g/mol. The van der Waals surface area contributed by atoms with Crippen LogP contribution in [0.25, 0.3) is 0 Å². The maximum atomic E-state index is 12.2. The summed E-state index contributed by atoms with van der Waals surface area (Å²) in [4.78, 5) is 35.7. The summed E-state index contributed by atoms with van der Waals surface area (Å²) in [5.41, 5.74) is -0.523. The van der Waals surface area contributed by atoms with E-state index in [-0.39, 0.29) is 17.1 Å². The van der Waals surface area contributed by atoms with E-state index in [4.69, 9.17) is 23.2 Å². The lowest BCUT2D eigenvalue weighted by Crippen LogP contribution is -2.57. The van der Waals surface area contributed by atoms with Crippen molar-refractivity contribution in [1.29, 1.82) is 0 Å². The Bertz CT molecular complexity index is 695. The van der Waals surface area contributed by atoms with E-state index in [1.807, 2.05) is 0 Å². The molecule has 0 aromatic heterocycles. The van der Waals surface area contributed by atoms with E-state index in [1.54, 1.807) is 6.92 Å². The molecule has 2 rings (SSSR count). The zero-order chi connectivity index (χ0) is 18.6. The second-order valence-electron chi connectivity index (χ2n) is 6.41. The fraction of sp³-hybridized carbons (Fsp3) is 0.471. The fourth-order valence-electron chi connectivity index (χ4n) is 3.14. The highest BCUT2D eigenvalue weighted by Crippen LogP contribution is 2.33. The first kappa shape index (κ1) is 19.5. The first-order chi connectivity index (χ1) is 11.7. The van der Waals surface area contributed by atoms with Crippen LogP contribution in [0.3, 0.4) is 0 Å². The van der Waals surface area contributed by atoms with Crippen molar-refractivity contribution in [3.05, 3.63) is 33.8 Å².